The Hall–Kier alpha value is -0.850. The molecule has 0 spiro atoms. The van der Waals surface area contributed by atoms with E-state index < -0.39 is 0 Å². The van der Waals surface area contributed by atoms with Gasteiger partial charge in [0.05, 0.1) is 12.4 Å². The van der Waals surface area contributed by atoms with E-state index in [4.69, 9.17) is 20.8 Å². The Kier molecular flexibility index (Phi) is 6.56. The van der Waals surface area contributed by atoms with Crippen LogP contribution in [0.25, 0.3) is 0 Å². The van der Waals surface area contributed by atoms with Crippen LogP contribution in [-0.4, -0.2) is 28.8 Å². The van der Waals surface area contributed by atoms with Gasteiger partial charge in [-0.05, 0) is 36.9 Å². The van der Waals surface area contributed by atoms with E-state index in [2.05, 4.69) is 10.2 Å². The second kappa shape index (κ2) is 8.44. The second-order valence-electron chi connectivity index (χ2n) is 3.90. The standard InChI is InChI=1S/C13H15ClN2O2S2/c1-19-9-12-15-16-13(18-12)20-8-2-7-17-11-5-3-10(14)4-6-11/h3-6H,2,7-9H2,1H3. The molecule has 0 N–H and O–H groups in total. The first-order valence-electron chi connectivity index (χ1n) is 6.10. The summed E-state index contributed by atoms with van der Waals surface area (Å²) >= 11 is 9.02. The molecule has 0 saturated heterocycles. The van der Waals surface area contributed by atoms with Gasteiger partial charge in [0.15, 0.2) is 0 Å². The summed E-state index contributed by atoms with van der Waals surface area (Å²) in [6.45, 7) is 0.653. The molecule has 0 unspecified atom stereocenters. The van der Waals surface area contributed by atoms with Gasteiger partial charge in [-0.25, -0.2) is 0 Å². The maximum absolute atomic E-state index is 5.80. The molecule has 2 rings (SSSR count). The molecule has 0 radical (unpaired) electrons. The molecule has 1 aromatic carbocycles. The number of rotatable bonds is 8. The summed E-state index contributed by atoms with van der Waals surface area (Å²) in [5.74, 6) is 3.15. The van der Waals surface area contributed by atoms with Gasteiger partial charge in [-0.3, -0.25) is 0 Å². The van der Waals surface area contributed by atoms with Crippen LogP contribution in [0.1, 0.15) is 12.3 Å². The molecule has 0 aliphatic carbocycles. The first-order chi connectivity index (χ1) is 9.78. The average molecular weight is 331 g/mol. The Morgan fingerprint density at radius 3 is 2.80 bits per heavy atom. The molecule has 0 aliphatic rings. The van der Waals surface area contributed by atoms with Gasteiger partial charge < -0.3 is 9.15 Å². The van der Waals surface area contributed by atoms with E-state index in [0.717, 1.165) is 23.7 Å². The van der Waals surface area contributed by atoms with E-state index in [1.165, 1.54) is 0 Å². The highest BCUT2D eigenvalue weighted by atomic mass is 35.5. The Balaban J connectivity index is 1.62. The SMILES string of the molecule is CSCc1nnc(SCCCOc2ccc(Cl)cc2)o1. The van der Waals surface area contributed by atoms with Crippen molar-refractivity contribution in [3.05, 3.63) is 35.2 Å². The summed E-state index contributed by atoms with van der Waals surface area (Å²) in [6, 6.07) is 7.36. The summed E-state index contributed by atoms with van der Waals surface area (Å²) in [7, 11) is 0. The molecule has 20 heavy (non-hydrogen) atoms. The third-order valence-electron chi connectivity index (χ3n) is 2.31. The maximum Gasteiger partial charge on any atom is 0.276 e. The van der Waals surface area contributed by atoms with Gasteiger partial charge in [0.25, 0.3) is 5.22 Å². The first kappa shape index (κ1) is 15.5. The highest BCUT2D eigenvalue weighted by Crippen LogP contribution is 2.19. The molecule has 1 heterocycles. The summed E-state index contributed by atoms with van der Waals surface area (Å²) < 4.78 is 11.1. The topological polar surface area (TPSA) is 48.2 Å². The van der Waals surface area contributed by atoms with Crippen LogP contribution in [0.3, 0.4) is 0 Å². The third-order valence-corrected chi connectivity index (χ3v) is 4.01. The molecule has 0 aliphatic heterocycles. The van der Waals surface area contributed by atoms with Crippen LogP contribution >= 0.6 is 35.1 Å². The molecule has 0 saturated carbocycles. The Bertz CT molecular complexity index is 519. The van der Waals surface area contributed by atoms with Crippen molar-refractivity contribution in [1.29, 1.82) is 0 Å². The minimum absolute atomic E-state index is 0.626. The van der Waals surface area contributed by atoms with Crippen molar-refractivity contribution in [2.45, 2.75) is 17.4 Å². The van der Waals surface area contributed by atoms with E-state index in [-0.39, 0.29) is 0 Å². The average Bonchev–Trinajstić information content (AvgIpc) is 2.89. The number of ether oxygens (including phenoxy) is 1. The van der Waals surface area contributed by atoms with Crippen LogP contribution in [0.4, 0.5) is 0 Å². The van der Waals surface area contributed by atoms with Crippen LogP contribution in [0.15, 0.2) is 33.9 Å². The van der Waals surface area contributed by atoms with Gasteiger partial charge in [0, 0.05) is 10.8 Å². The molecule has 0 amide bonds. The van der Waals surface area contributed by atoms with Crippen molar-refractivity contribution in [3.8, 4) is 5.75 Å². The van der Waals surface area contributed by atoms with Crippen LogP contribution in [0.5, 0.6) is 5.75 Å². The molecule has 1 aromatic heterocycles. The summed E-state index contributed by atoms with van der Waals surface area (Å²) in [5.41, 5.74) is 0. The molecule has 0 bridgehead atoms. The fourth-order valence-corrected chi connectivity index (χ4v) is 2.60. The Labute approximate surface area is 131 Å². The molecule has 108 valence electrons. The first-order valence-corrected chi connectivity index (χ1v) is 8.86. The van der Waals surface area contributed by atoms with Crippen molar-refractivity contribution < 1.29 is 9.15 Å². The second-order valence-corrected chi connectivity index (χ2v) is 6.25. The van der Waals surface area contributed by atoms with Gasteiger partial charge in [-0.15, -0.1) is 10.2 Å². The molecular formula is C13H15ClN2O2S2. The highest BCUT2D eigenvalue weighted by Gasteiger charge is 2.05. The van der Waals surface area contributed by atoms with Crippen molar-refractivity contribution in [3.63, 3.8) is 0 Å². The van der Waals surface area contributed by atoms with E-state index in [0.29, 0.717) is 22.7 Å². The van der Waals surface area contributed by atoms with Gasteiger partial charge in [0.2, 0.25) is 5.89 Å². The van der Waals surface area contributed by atoms with Gasteiger partial charge >= 0.3 is 0 Å². The lowest BCUT2D eigenvalue weighted by molar-refractivity contribution is 0.318. The quantitative estimate of drug-likeness (QED) is 0.535. The number of thioether (sulfide) groups is 2. The molecule has 2 aromatic rings. The molecular weight excluding hydrogens is 316 g/mol. The minimum Gasteiger partial charge on any atom is -0.494 e. The zero-order chi connectivity index (χ0) is 14.2. The van der Waals surface area contributed by atoms with E-state index in [1.807, 2.05) is 30.5 Å². The highest BCUT2D eigenvalue weighted by molar-refractivity contribution is 7.99. The fraction of sp³-hybridized carbons (Fsp3) is 0.385. The van der Waals surface area contributed by atoms with E-state index >= 15 is 0 Å². The number of hydrogen-bond donors (Lipinski definition) is 0. The molecule has 0 fully saturated rings. The third kappa shape index (κ3) is 5.26. The van der Waals surface area contributed by atoms with E-state index in [1.54, 1.807) is 23.5 Å². The lowest BCUT2D eigenvalue weighted by atomic mass is 10.3. The van der Waals surface area contributed by atoms with E-state index in [9.17, 15) is 0 Å². The lowest BCUT2D eigenvalue weighted by Crippen LogP contribution is -1.98. The number of nitrogens with zero attached hydrogens (tertiary/aromatic N) is 2. The predicted molar refractivity (Wildman–Crippen MR) is 83.8 cm³/mol. The molecule has 4 nitrogen and oxygen atoms in total. The van der Waals surface area contributed by atoms with Gasteiger partial charge in [-0.2, -0.15) is 11.8 Å². The summed E-state index contributed by atoms with van der Waals surface area (Å²) in [5, 5.41) is 9.28. The van der Waals surface area contributed by atoms with Crippen molar-refractivity contribution in [2.75, 3.05) is 18.6 Å². The van der Waals surface area contributed by atoms with Gasteiger partial charge in [-0.1, -0.05) is 23.4 Å². The smallest absolute Gasteiger partial charge is 0.276 e. The van der Waals surface area contributed by atoms with Crippen LogP contribution in [0, 0.1) is 0 Å². The zero-order valence-corrected chi connectivity index (χ0v) is 13.4. The zero-order valence-electron chi connectivity index (χ0n) is 11.0. The van der Waals surface area contributed by atoms with Crippen LogP contribution in [-0.2, 0) is 5.75 Å². The minimum atomic E-state index is 0.626. The van der Waals surface area contributed by atoms with Crippen molar-refractivity contribution in [2.24, 2.45) is 0 Å². The summed E-state index contributed by atoms with van der Waals surface area (Å²) in [6.07, 6.45) is 2.92. The van der Waals surface area contributed by atoms with Crippen LogP contribution in [0.2, 0.25) is 5.02 Å². The monoisotopic (exact) mass is 330 g/mol. The number of halogens is 1. The number of aromatic nitrogens is 2. The Morgan fingerprint density at radius 2 is 2.05 bits per heavy atom. The largest absolute Gasteiger partial charge is 0.494 e. The number of hydrogen-bond acceptors (Lipinski definition) is 6. The van der Waals surface area contributed by atoms with Crippen molar-refractivity contribution in [1.82, 2.24) is 10.2 Å². The Morgan fingerprint density at radius 1 is 1.25 bits per heavy atom. The fourth-order valence-electron chi connectivity index (χ4n) is 1.42. The molecule has 7 heteroatoms. The van der Waals surface area contributed by atoms with Crippen LogP contribution < -0.4 is 4.74 Å². The maximum atomic E-state index is 5.80. The normalized spacial score (nSPS) is 10.7. The summed E-state index contributed by atoms with van der Waals surface area (Å²) in [4.78, 5) is 0. The predicted octanol–water partition coefficient (Wildman–Crippen LogP) is 4.15. The van der Waals surface area contributed by atoms with Gasteiger partial charge in [0.1, 0.15) is 5.75 Å². The van der Waals surface area contributed by atoms with Crippen molar-refractivity contribution >= 4 is 35.1 Å². The lowest BCUT2D eigenvalue weighted by Gasteiger charge is -2.04. The number of benzene rings is 1. The molecule has 0 atom stereocenters.